The Labute approximate surface area is 136 Å². The summed E-state index contributed by atoms with van der Waals surface area (Å²) in [5.41, 5.74) is -0.410. The number of hydrogen-bond donors (Lipinski definition) is 1. The van der Waals surface area contributed by atoms with Gasteiger partial charge in [-0.3, -0.25) is 0 Å². The van der Waals surface area contributed by atoms with Crippen molar-refractivity contribution in [2.45, 2.75) is 90.3 Å². The molecule has 2 atom stereocenters. The molecule has 1 heterocycles. The summed E-state index contributed by atoms with van der Waals surface area (Å²) in [6.45, 7) is 9.83. The summed E-state index contributed by atoms with van der Waals surface area (Å²) >= 11 is 0. The van der Waals surface area contributed by atoms with E-state index in [9.17, 15) is 4.79 Å². The van der Waals surface area contributed by atoms with Crippen molar-refractivity contribution < 1.29 is 9.53 Å². The van der Waals surface area contributed by atoms with Gasteiger partial charge in [-0.2, -0.15) is 0 Å². The molecular formula is C18H34N2O2. The molecule has 0 spiro atoms. The van der Waals surface area contributed by atoms with Crippen molar-refractivity contribution in [3.8, 4) is 0 Å². The molecule has 2 rings (SSSR count). The fourth-order valence-corrected chi connectivity index (χ4v) is 3.73. The number of likely N-dealkylation sites (tertiary alicyclic amines) is 1. The molecule has 0 aromatic heterocycles. The Kier molecular flexibility index (Phi) is 6.13. The highest BCUT2D eigenvalue weighted by atomic mass is 16.6. The van der Waals surface area contributed by atoms with E-state index in [0.717, 1.165) is 31.8 Å². The molecule has 0 bridgehead atoms. The molecule has 0 radical (unpaired) electrons. The Balaban J connectivity index is 1.79. The second kappa shape index (κ2) is 7.67. The molecule has 1 unspecified atom stereocenters. The van der Waals surface area contributed by atoms with Crippen LogP contribution in [0, 0.1) is 5.92 Å². The van der Waals surface area contributed by atoms with Crippen LogP contribution < -0.4 is 5.32 Å². The van der Waals surface area contributed by atoms with E-state index in [1.54, 1.807) is 0 Å². The molecule has 1 aliphatic carbocycles. The molecule has 4 nitrogen and oxygen atoms in total. The van der Waals surface area contributed by atoms with Gasteiger partial charge in [-0.05, 0) is 59.3 Å². The molecule has 1 saturated carbocycles. The predicted octanol–water partition coefficient (Wildman–Crippen LogP) is 3.94. The molecule has 1 saturated heterocycles. The largest absolute Gasteiger partial charge is 0.444 e. The average Bonchev–Trinajstić information content (AvgIpc) is 2.92. The number of hydrogen-bond acceptors (Lipinski definition) is 3. The van der Waals surface area contributed by atoms with Gasteiger partial charge < -0.3 is 15.0 Å². The van der Waals surface area contributed by atoms with Crippen LogP contribution in [-0.2, 0) is 4.74 Å². The Morgan fingerprint density at radius 3 is 2.50 bits per heavy atom. The maximum absolute atomic E-state index is 12.3. The van der Waals surface area contributed by atoms with Crippen molar-refractivity contribution >= 4 is 6.09 Å². The highest BCUT2D eigenvalue weighted by Gasteiger charge is 2.32. The lowest BCUT2D eigenvalue weighted by atomic mass is 9.84. The molecule has 0 aromatic carbocycles. The van der Waals surface area contributed by atoms with Crippen molar-refractivity contribution in [2.24, 2.45) is 5.92 Å². The summed E-state index contributed by atoms with van der Waals surface area (Å²) < 4.78 is 5.53. The monoisotopic (exact) mass is 310 g/mol. The summed E-state index contributed by atoms with van der Waals surface area (Å²) in [6.07, 6.45) is 8.89. The minimum absolute atomic E-state index is 0.151. The minimum atomic E-state index is -0.410. The van der Waals surface area contributed by atoms with Crippen molar-refractivity contribution in [1.29, 1.82) is 0 Å². The summed E-state index contributed by atoms with van der Waals surface area (Å²) in [4.78, 5) is 14.2. The molecule has 1 aliphatic heterocycles. The third-order valence-corrected chi connectivity index (χ3v) is 5.04. The average molecular weight is 310 g/mol. The van der Waals surface area contributed by atoms with Gasteiger partial charge >= 0.3 is 6.09 Å². The van der Waals surface area contributed by atoms with Crippen LogP contribution in [0.15, 0.2) is 0 Å². The van der Waals surface area contributed by atoms with E-state index in [-0.39, 0.29) is 6.09 Å². The van der Waals surface area contributed by atoms with E-state index in [2.05, 4.69) is 12.2 Å². The zero-order chi connectivity index (χ0) is 16.2. The van der Waals surface area contributed by atoms with Crippen molar-refractivity contribution in [3.63, 3.8) is 0 Å². The smallest absolute Gasteiger partial charge is 0.410 e. The van der Waals surface area contributed by atoms with Crippen LogP contribution in [0.25, 0.3) is 0 Å². The third-order valence-electron chi connectivity index (χ3n) is 5.04. The fourth-order valence-electron chi connectivity index (χ4n) is 3.73. The number of nitrogens with one attached hydrogen (secondary N) is 1. The summed E-state index contributed by atoms with van der Waals surface area (Å²) in [5, 5.41) is 3.69. The molecule has 128 valence electrons. The first-order valence-corrected chi connectivity index (χ1v) is 9.10. The predicted molar refractivity (Wildman–Crippen MR) is 90.0 cm³/mol. The third kappa shape index (κ3) is 5.15. The SMILES string of the molecule is C[C@H](NCC1CCCN1C(=O)OC(C)(C)C)C1CCCCC1. The van der Waals surface area contributed by atoms with E-state index in [1.807, 2.05) is 25.7 Å². The first-order chi connectivity index (χ1) is 10.4. The van der Waals surface area contributed by atoms with E-state index < -0.39 is 5.60 Å². The summed E-state index contributed by atoms with van der Waals surface area (Å²) in [5.74, 6) is 0.810. The lowest BCUT2D eigenvalue weighted by molar-refractivity contribution is 0.0223. The summed E-state index contributed by atoms with van der Waals surface area (Å²) in [6, 6.07) is 0.849. The van der Waals surface area contributed by atoms with Crippen molar-refractivity contribution in [1.82, 2.24) is 10.2 Å². The second-order valence-corrected chi connectivity index (χ2v) is 8.06. The van der Waals surface area contributed by atoms with Crippen LogP contribution >= 0.6 is 0 Å². The fraction of sp³-hybridized carbons (Fsp3) is 0.944. The van der Waals surface area contributed by atoms with Gasteiger partial charge in [0.15, 0.2) is 0 Å². The number of nitrogens with zero attached hydrogens (tertiary/aromatic N) is 1. The van der Waals surface area contributed by atoms with Gasteiger partial charge in [0.05, 0.1) is 0 Å². The lowest BCUT2D eigenvalue weighted by Gasteiger charge is -2.32. The van der Waals surface area contributed by atoms with Gasteiger partial charge in [0.1, 0.15) is 5.60 Å². The molecule has 22 heavy (non-hydrogen) atoms. The van der Waals surface area contributed by atoms with E-state index in [0.29, 0.717) is 12.1 Å². The number of rotatable bonds is 4. The van der Waals surface area contributed by atoms with Crippen molar-refractivity contribution in [2.75, 3.05) is 13.1 Å². The molecule has 0 aromatic rings. The standard InChI is InChI=1S/C18H34N2O2/c1-14(15-9-6-5-7-10-15)19-13-16-11-8-12-20(16)17(21)22-18(2,3)4/h14-16,19H,5-13H2,1-4H3/t14-,16?/m0/s1. The maximum atomic E-state index is 12.3. The summed E-state index contributed by atoms with van der Waals surface area (Å²) in [7, 11) is 0. The highest BCUT2D eigenvalue weighted by molar-refractivity contribution is 5.69. The topological polar surface area (TPSA) is 41.6 Å². The van der Waals surface area contributed by atoms with E-state index in [4.69, 9.17) is 4.74 Å². The van der Waals surface area contributed by atoms with Gasteiger partial charge in [-0.15, -0.1) is 0 Å². The Bertz CT molecular complexity index is 359. The van der Waals surface area contributed by atoms with Crippen molar-refractivity contribution in [3.05, 3.63) is 0 Å². The first kappa shape index (κ1) is 17.6. The van der Waals surface area contributed by atoms with Gasteiger partial charge in [0.25, 0.3) is 0 Å². The zero-order valence-electron chi connectivity index (χ0n) is 14.9. The number of amides is 1. The number of ether oxygens (including phenoxy) is 1. The van der Waals surface area contributed by atoms with Gasteiger partial charge in [0.2, 0.25) is 0 Å². The normalized spacial score (nSPS) is 25.3. The van der Waals surface area contributed by atoms with Gasteiger partial charge in [-0.1, -0.05) is 19.3 Å². The van der Waals surface area contributed by atoms with Crippen LogP contribution in [-0.4, -0.2) is 41.8 Å². The van der Waals surface area contributed by atoms with Crippen LogP contribution in [0.2, 0.25) is 0 Å². The molecule has 2 aliphatic rings. The van der Waals surface area contributed by atoms with Gasteiger partial charge in [0, 0.05) is 25.2 Å². The maximum Gasteiger partial charge on any atom is 0.410 e. The van der Waals surface area contributed by atoms with Crippen LogP contribution in [0.5, 0.6) is 0 Å². The zero-order valence-corrected chi connectivity index (χ0v) is 14.9. The number of carbonyl (C=O) groups is 1. The van der Waals surface area contributed by atoms with E-state index in [1.165, 1.54) is 32.1 Å². The highest BCUT2D eigenvalue weighted by Crippen LogP contribution is 2.27. The minimum Gasteiger partial charge on any atom is -0.444 e. The van der Waals surface area contributed by atoms with Crippen LogP contribution in [0.3, 0.4) is 0 Å². The molecule has 4 heteroatoms. The number of carbonyl (C=O) groups excluding carboxylic acids is 1. The Hall–Kier alpha value is -0.770. The Morgan fingerprint density at radius 2 is 1.86 bits per heavy atom. The van der Waals surface area contributed by atoms with E-state index >= 15 is 0 Å². The lowest BCUT2D eigenvalue weighted by Crippen LogP contribution is -2.47. The Morgan fingerprint density at radius 1 is 1.18 bits per heavy atom. The quantitative estimate of drug-likeness (QED) is 0.855. The second-order valence-electron chi connectivity index (χ2n) is 8.06. The van der Waals surface area contributed by atoms with Crippen LogP contribution in [0.4, 0.5) is 4.79 Å². The first-order valence-electron chi connectivity index (χ1n) is 9.10. The van der Waals surface area contributed by atoms with Gasteiger partial charge in [-0.25, -0.2) is 4.79 Å². The van der Waals surface area contributed by atoms with Crippen LogP contribution in [0.1, 0.15) is 72.6 Å². The molecule has 1 amide bonds. The molecule has 1 N–H and O–H groups in total. The molecular weight excluding hydrogens is 276 g/mol. The molecule has 2 fully saturated rings.